The van der Waals surface area contributed by atoms with Crippen molar-refractivity contribution in [1.82, 2.24) is 25.1 Å². The van der Waals surface area contributed by atoms with Gasteiger partial charge in [-0.1, -0.05) is 62.2 Å². The molecule has 0 N–H and O–H groups in total. The van der Waals surface area contributed by atoms with Crippen LogP contribution < -0.4 is 0 Å². The SMILES string of the molecule is Cc1ccc(C2Cn3nnc(-c4nc(-c5ccccc5Br)no4)c3CO2)c(C)c1. The van der Waals surface area contributed by atoms with E-state index in [0.29, 0.717) is 30.6 Å². The van der Waals surface area contributed by atoms with E-state index in [1.165, 1.54) is 16.7 Å². The maximum absolute atomic E-state index is 6.14. The van der Waals surface area contributed by atoms with Crippen LogP contribution in [0.4, 0.5) is 0 Å². The van der Waals surface area contributed by atoms with Crippen LogP contribution in [-0.4, -0.2) is 25.1 Å². The third kappa shape index (κ3) is 3.28. The number of hydrogen-bond acceptors (Lipinski definition) is 6. The van der Waals surface area contributed by atoms with Crippen molar-refractivity contribution in [3.63, 3.8) is 0 Å². The summed E-state index contributed by atoms with van der Waals surface area (Å²) in [5.41, 5.74) is 5.89. The van der Waals surface area contributed by atoms with E-state index in [1.807, 2.05) is 28.9 Å². The highest BCUT2D eigenvalue weighted by Gasteiger charge is 2.28. The van der Waals surface area contributed by atoms with Crippen molar-refractivity contribution in [1.29, 1.82) is 0 Å². The molecule has 0 fully saturated rings. The molecular formula is C21H18BrN5O2. The van der Waals surface area contributed by atoms with E-state index in [1.54, 1.807) is 0 Å². The van der Waals surface area contributed by atoms with E-state index in [2.05, 4.69) is 68.4 Å². The highest BCUT2D eigenvalue weighted by atomic mass is 79.9. The second-order valence-electron chi connectivity index (χ2n) is 7.13. The van der Waals surface area contributed by atoms with E-state index in [-0.39, 0.29) is 6.10 Å². The predicted molar refractivity (Wildman–Crippen MR) is 110 cm³/mol. The Hall–Kier alpha value is -2.84. The summed E-state index contributed by atoms with van der Waals surface area (Å²) < 4.78 is 14.4. The third-order valence-electron chi connectivity index (χ3n) is 5.11. The topological polar surface area (TPSA) is 78.9 Å². The van der Waals surface area contributed by atoms with E-state index < -0.39 is 0 Å². The van der Waals surface area contributed by atoms with Gasteiger partial charge in [0.25, 0.3) is 5.89 Å². The van der Waals surface area contributed by atoms with Gasteiger partial charge >= 0.3 is 0 Å². The van der Waals surface area contributed by atoms with Crippen LogP contribution in [0.1, 0.15) is 28.5 Å². The second-order valence-corrected chi connectivity index (χ2v) is 7.98. The standard InChI is InChI=1S/C21H18BrN5O2/c1-12-7-8-14(13(2)9-12)18-10-27-17(11-28-18)19(24-26-27)21-23-20(25-29-21)15-5-3-4-6-16(15)22/h3-9,18H,10-11H2,1-2H3. The van der Waals surface area contributed by atoms with Crippen LogP contribution in [0.3, 0.4) is 0 Å². The first-order valence-corrected chi connectivity index (χ1v) is 10.1. The Morgan fingerprint density at radius 2 is 2.00 bits per heavy atom. The second kappa shape index (κ2) is 7.20. The summed E-state index contributed by atoms with van der Waals surface area (Å²) >= 11 is 3.52. The molecule has 2 aromatic heterocycles. The molecule has 29 heavy (non-hydrogen) atoms. The van der Waals surface area contributed by atoms with E-state index >= 15 is 0 Å². The molecule has 8 heteroatoms. The van der Waals surface area contributed by atoms with E-state index in [4.69, 9.17) is 9.26 Å². The van der Waals surface area contributed by atoms with Gasteiger partial charge in [0.05, 0.1) is 18.8 Å². The Bertz CT molecular complexity index is 1200. The molecule has 0 bridgehead atoms. The first-order chi connectivity index (χ1) is 14.1. The summed E-state index contributed by atoms with van der Waals surface area (Å²) in [7, 11) is 0. The molecule has 1 aliphatic heterocycles. The van der Waals surface area contributed by atoms with Crippen LogP contribution in [0.2, 0.25) is 0 Å². The molecule has 0 spiro atoms. The van der Waals surface area contributed by atoms with Crippen LogP contribution in [0.5, 0.6) is 0 Å². The van der Waals surface area contributed by atoms with Crippen molar-refractivity contribution >= 4 is 15.9 Å². The summed E-state index contributed by atoms with van der Waals surface area (Å²) in [6.45, 7) is 5.17. The van der Waals surface area contributed by atoms with E-state index in [0.717, 1.165) is 15.7 Å². The summed E-state index contributed by atoms with van der Waals surface area (Å²) in [6.07, 6.45) is -0.0591. The Kier molecular flexibility index (Phi) is 4.52. The number of benzene rings is 2. The number of hydrogen-bond donors (Lipinski definition) is 0. The fourth-order valence-corrected chi connectivity index (χ4v) is 4.09. The molecule has 1 atom stereocenters. The van der Waals surface area contributed by atoms with Crippen LogP contribution in [0, 0.1) is 13.8 Å². The molecule has 0 saturated carbocycles. The van der Waals surface area contributed by atoms with Crippen LogP contribution in [0.25, 0.3) is 23.0 Å². The minimum absolute atomic E-state index is 0.0591. The average Bonchev–Trinajstić information content (AvgIpc) is 3.34. The predicted octanol–water partition coefficient (Wildman–Crippen LogP) is 4.65. The van der Waals surface area contributed by atoms with Gasteiger partial charge < -0.3 is 9.26 Å². The molecule has 0 radical (unpaired) electrons. The van der Waals surface area contributed by atoms with Crippen molar-refractivity contribution in [3.05, 3.63) is 69.3 Å². The minimum Gasteiger partial charge on any atom is -0.365 e. The van der Waals surface area contributed by atoms with Crippen molar-refractivity contribution in [3.8, 4) is 23.0 Å². The fourth-order valence-electron chi connectivity index (χ4n) is 3.62. The van der Waals surface area contributed by atoms with Crippen LogP contribution in [0.15, 0.2) is 51.5 Å². The van der Waals surface area contributed by atoms with Crippen molar-refractivity contribution < 1.29 is 9.26 Å². The average molecular weight is 452 g/mol. The summed E-state index contributed by atoms with van der Waals surface area (Å²) in [4.78, 5) is 4.51. The molecule has 5 rings (SSSR count). The maximum Gasteiger partial charge on any atom is 0.280 e. The number of rotatable bonds is 3. The molecule has 0 amide bonds. The van der Waals surface area contributed by atoms with Gasteiger partial charge in [0.1, 0.15) is 6.10 Å². The van der Waals surface area contributed by atoms with Gasteiger partial charge in [-0.15, -0.1) is 5.10 Å². The number of aryl methyl sites for hydroxylation is 2. The largest absolute Gasteiger partial charge is 0.365 e. The Balaban J connectivity index is 1.43. The lowest BCUT2D eigenvalue weighted by Crippen LogP contribution is -2.22. The lowest BCUT2D eigenvalue weighted by atomic mass is 10.0. The Morgan fingerprint density at radius 1 is 1.14 bits per heavy atom. The number of aromatic nitrogens is 5. The van der Waals surface area contributed by atoms with Gasteiger partial charge in [0.2, 0.25) is 5.82 Å². The molecular weight excluding hydrogens is 434 g/mol. The molecule has 0 aliphatic carbocycles. The first-order valence-electron chi connectivity index (χ1n) is 9.30. The number of halogens is 1. The normalized spacial score (nSPS) is 16.0. The molecule has 2 aromatic carbocycles. The van der Waals surface area contributed by atoms with Gasteiger partial charge in [-0.25, -0.2) is 4.68 Å². The van der Waals surface area contributed by atoms with Crippen molar-refractivity contribution in [2.24, 2.45) is 0 Å². The highest BCUT2D eigenvalue weighted by molar-refractivity contribution is 9.10. The molecule has 146 valence electrons. The molecule has 1 unspecified atom stereocenters. The van der Waals surface area contributed by atoms with Crippen molar-refractivity contribution in [2.75, 3.05) is 0 Å². The molecule has 4 aromatic rings. The van der Waals surface area contributed by atoms with Gasteiger partial charge in [0, 0.05) is 10.0 Å². The van der Waals surface area contributed by atoms with Gasteiger partial charge in [-0.3, -0.25) is 0 Å². The molecule has 0 saturated heterocycles. The zero-order valence-corrected chi connectivity index (χ0v) is 17.5. The van der Waals surface area contributed by atoms with Crippen molar-refractivity contribution in [2.45, 2.75) is 33.1 Å². The third-order valence-corrected chi connectivity index (χ3v) is 5.80. The fraction of sp³-hybridized carbons (Fsp3) is 0.238. The molecule has 7 nitrogen and oxygen atoms in total. The minimum atomic E-state index is -0.0591. The van der Waals surface area contributed by atoms with Gasteiger partial charge in [0.15, 0.2) is 5.69 Å². The monoisotopic (exact) mass is 451 g/mol. The first kappa shape index (κ1) is 18.2. The van der Waals surface area contributed by atoms with Crippen LogP contribution in [-0.2, 0) is 17.9 Å². The molecule has 3 heterocycles. The zero-order valence-electron chi connectivity index (χ0n) is 16.0. The van der Waals surface area contributed by atoms with Gasteiger partial charge in [-0.2, -0.15) is 4.98 Å². The smallest absolute Gasteiger partial charge is 0.280 e. The summed E-state index contributed by atoms with van der Waals surface area (Å²) in [5.74, 6) is 0.838. The quantitative estimate of drug-likeness (QED) is 0.451. The Labute approximate surface area is 175 Å². The highest BCUT2D eigenvalue weighted by Crippen LogP contribution is 2.33. The maximum atomic E-state index is 6.14. The number of nitrogens with zero attached hydrogens (tertiary/aromatic N) is 5. The summed E-state index contributed by atoms with van der Waals surface area (Å²) in [5, 5.41) is 12.7. The number of fused-ring (bicyclic) bond motifs is 1. The Morgan fingerprint density at radius 3 is 2.83 bits per heavy atom. The van der Waals surface area contributed by atoms with Crippen LogP contribution >= 0.6 is 15.9 Å². The molecule has 1 aliphatic rings. The number of ether oxygens (including phenoxy) is 1. The zero-order chi connectivity index (χ0) is 20.0. The lowest BCUT2D eigenvalue weighted by molar-refractivity contribution is -0.00153. The van der Waals surface area contributed by atoms with E-state index in [9.17, 15) is 0 Å². The van der Waals surface area contributed by atoms with Gasteiger partial charge in [-0.05, 0) is 37.1 Å². The lowest BCUT2D eigenvalue weighted by Gasteiger charge is -2.25. The summed E-state index contributed by atoms with van der Waals surface area (Å²) in [6, 6.07) is 14.1.